The second kappa shape index (κ2) is 14.1. The lowest BCUT2D eigenvalue weighted by atomic mass is 10.0. The molecule has 0 bridgehead atoms. The fraction of sp³-hybridized carbons (Fsp3) is 0.519. The topological polar surface area (TPSA) is 88.7 Å². The average Bonchev–Trinajstić information content (AvgIpc) is 3.57. The Kier molecular flexibility index (Phi) is 10.6. The molecule has 1 aromatic heterocycles. The Balaban J connectivity index is 1.27. The molecular formula is C27H34Cl2N4O5. The Morgan fingerprint density at radius 3 is 2.87 bits per heavy atom. The minimum Gasteiger partial charge on any atom is -0.495 e. The van der Waals surface area contributed by atoms with Gasteiger partial charge in [-0.15, -0.1) is 0 Å². The first-order valence-electron chi connectivity index (χ1n) is 12.7. The molecule has 11 heteroatoms. The van der Waals surface area contributed by atoms with Crippen LogP contribution in [0.15, 0.2) is 58.7 Å². The Hall–Kier alpha value is -2.43. The van der Waals surface area contributed by atoms with E-state index in [1.165, 1.54) is 0 Å². The zero-order valence-corrected chi connectivity index (χ0v) is 23.3. The lowest BCUT2D eigenvalue weighted by Crippen LogP contribution is -2.34. The Morgan fingerprint density at radius 2 is 2.13 bits per heavy atom. The molecule has 1 aliphatic carbocycles. The van der Waals surface area contributed by atoms with Crippen molar-refractivity contribution in [1.29, 1.82) is 0 Å². The maximum atomic E-state index is 6.55. The van der Waals surface area contributed by atoms with E-state index in [0.717, 1.165) is 36.3 Å². The average molecular weight is 565 g/mol. The van der Waals surface area contributed by atoms with Gasteiger partial charge in [-0.05, 0) is 24.6 Å². The number of aromatic nitrogens is 2. The molecule has 0 radical (unpaired) electrons. The van der Waals surface area contributed by atoms with Crippen molar-refractivity contribution in [3.05, 3.63) is 64.4 Å². The highest BCUT2D eigenvalue weighted by Crippen LogP contribution is 2.40. The van der Waals surface area contributed by atoms with Crippen LogP contribution in [0.4, 0.5) is 0 Å². The van der Waals surface area contributed by atoms with Crippen LogP contribution in [0.5, 0.6) is 0 Å². The largest absolute Gasteiger partial charge is 0.495 e. The van der Waals surface area contributed by atoms with E-state index >= 15 is 0 Å². The van der Waals surface area contributed by atoms with E-state index in [4.69, 9.17) is 46.9 Å². The zero-order valence-electron chi connectivity index (χ0n) is 21.8. The molecule has 2 aromatic rings. The summed E-state index contributed by atoms with van der Waals surface area (Å²) in [5.41, 5.74) is 1.88. The van der Waals surface area contributed by atoms with Crippen molar-refractivity contribution >= 4 is 34.8 Å². The standard InChI is InChI=1S/C27H34Cl2N4O5/c1-20(35-14-13-34-2)31-9-10-32-22-4-6-23(7-5-22)36-16-24-17-37-27(38-24,18-33-12-11-30-19-33)25-8-3-21(28)15-26(25)29/h3,6,8,11-12,15,19,24H,4-5,7,9-10,13-14,16-18H2,1-2H3. The molecule has 2 atom stereocenters. The van der Waals surface area contributed by atoms with E-state index in [0.29, 0.717) is 62.0 Å². The van der Waals surface area contributed by atoms with Crippen molar-refractivity contribution in [2.45, 2.75) is 44.6 Å². The smallest absolute Gasteiger partial charge is 0.215 e. The van der Waals surface area contributed by atoms with Gasteiger partial charge < -0.3 is 28.3 Å². The SMILES string of the molecule is COCCOC(C)=NCCN=C1CC=C(OCC2COC(Cn3ccnc3)(c3ccc(Cl)cc3Cl)O2)CC1. The van der Waals surface area contributed by atoms with Gasteiger partial charge in [-0.1, -0.05) is 29.3 Å². The third-order valence-corrected chi connectivity index (χ3v) is 6.75. The molecule has 1 aromatic carbocycles. The maximum absolute atomic E-state index is 6.55. The van der Waals surface area contributed by atoms with Crippen LogP contribution in [0, 0.1) is 0 Å². The number of methoxy groups -OCH3 is 1. The van der Waals surface area contributed by atoms with Crippen LogP contribution in [0.3, 0.4) is 0 Å². The van der Waals surface area contributed by atoms with Crippen LogP contribution in [0.1, 0.15) is 31.7 Å². The fourth-order valence-corrected chi connectivity index (χ4v) is 4.84. The molecule has 0 amide bonds. The highest BCUT2D eigenvalue weighted by molar-refractivity contribution is 6.35. The molecule has 9 nitrogen and oxygen atoms in total. The van der Waals surface area contributed by atoms with Crippen LogP contribution in [0.2, 0.25) is 10.0 Å². The molecule has 2 heterocycles. The van der Waals surface area contributed by atoms with Gasteiger partial charge in [0.15, 0.2) is 5.90 Å². The fourth-order valence-electron chi connectivity index (χ4n) is 4.29. The molecule has 1 aliphatic heterocycles. The molecule has 1 saturated heterocycles. The van der Waals surface area contributed by atoms with Crippen LogP contribution in [-0.4, -0.2) is 73.9 Å². The lowest BCUT2D eigenvalue weighted by Gasteiger charge is -2.30. The summed E-state index contributed by atoms with van der Waals surface area (Å²) >= 11 is 12.7. The van der Waals surface area contributed by atoms with Gasteiger partial charge in [0.2, 0.25) is 5.79 Å². The van der Waals surface area contributed by atoms with Gasteiger partial charge >= 0.3 is 0 Å². The molecule has 0 spiro atoms. The van der Waals surface area contributed by atoms with E-state index in [-0.39, 0.29) is 6.10 Å². The minimum atomic E-state index is -1.06. The van der Waals surface area contributed by atoms with Gasteiger partial charge in [-0.25, -0.2) is 4.98 Å². The van der Waals surface area contributed by atoms with Gasteiger partial charge in [0.25, 0.3) is 0 Å². The van der Waals surface area contributed by atoms with Crippen molar-refractivity contribution in [3.8, 4) is 0 Å². The first-order valence-corrected chi connectivity index (χ1v) is 13.4. The first kappa shape index (κ1) is 28.6. The molecule has 2 unspecified atom stereocenters. The highest BCUT2D eigenvalue weighted by atomic mass is 35.5. The molecule has 4 rings (SSSR count). The van der Waals surface area contributed by atoms with Crippen LogP contribution < -0.4 is 0 Å². The number of halogens is 2. The molecule has 0 saturated carbocycles. The minimum absolute atomic E-state index is 0.256. The summed E-state index contributed by atoms with van der Waals surface area (Å²) in [5, 5.41) is 1.04. The number of nitrogens with zero attached hydrogens (tertiary/aromatic N) is 4. The summed E-state index contributed by atoms with van der Waals surface area (Å²) in [6, 6.07) is 5.32. The number of aliphatic imine (C=N–C) groups is 2. The number of benzene rings is 1. The maximum Gasteiger partial charge on any atom is 0.215 e. The predicted molar refractivity (Wildman–Crippen MR) is 147 cm³/mol. The van der Waals surface area contributed by atoms with Crippen molar-refractivity contribution in [1.82, 2.24) is 9.55 Å². The Labute approximate surface area is 233 Å². The van der Waals surface area contributed by atoms with E-state index in [1.807, 2.05) is 23.8 Å². The van der Waals surface area contributed by atoms with Crippen molar-refractivity contribution in [2.75, 3.05) is 46.6 Å². The number of ether oxygens (including phenoxy) is 5. The number of allylic oxidation sites excluding steroid dienone is 2. The van der Waals surface area contributed by atoms with Crippen molar-refractivity contribution in [2.24, 2.45) is 9.98 Å². The Morgan fingerprint density at radius 1 is 1.24 bits per heavy atom. The van der Waals surface area contributed by atoms with Crippen LogP contribution >= 0.6 is 23.2 Å². The summed E-state index contributed by atoms with van der Waals surface area (Å²) in [6.07, 6.45) is 9.58. The summed E-state index contributed by atoms with van der Waals surface area (Å²) in [6.45, 7) is 5.31. The molecule has 206 valence electrons. The van der Waals surface area contributed by atoms with Gasteiger partial charge in [-0.3, -0.25) is 9.98 Å². The highest BCUT2D eigenvalue weighted by Gasteiger charge is 2.45. The van der Waals surface area contributed by atoms with Crippen molar-refractivity contribution < 1.29 is 23.7 Å². The zero-order chi connectivity index (χ0) is 26.8. The van der Waals surface area contributed by atoms with Gasteiger partial charge in [0.05, 0.1) is 50.0 Å². The summed E-state index contributed by atoms with van der Waals surface area (Å²) in [7, 11) is 1.64. The van der Waals surface area contributed by atoms with E-state index in [2.05, 4.69) is 21.0 Å². The quantitative estimate of drug-likeness (QED) is 0.203. The predicted octanol–water partition coefficient (Wildman–Crippen LogP) is 5.07. The molecular weight excluding hydrogens is 531 g/mol. The molecule has 2 aliphatic rings. The first-order chi connectivity index (χ1) is 18.5. The summed E-state index contributed by atoms with van der Waals surface area (Å²) in [5.74, 6) is 0.545. The lowest BCUT2D eigenvalue weighted by molar-refractivity contribution is -0.190. The summed E-state index contributed by atoms with van der Waals surface area (Å²) < 4.78 is 31.1. The van der Waals surface area contributed by atoms with Gasteiger partial charge in [-0.2, -0.15) is 0 Å². The number of hydrogen-bond donors (Lipinski definition) is 0. The third-order valence-electron chi connectivity index (χ3n) is 6.20. The molecule has 38 heavy (non-hydrogen) atoms. The Bertz CT molecular complexity index is 1140. The summed E-state index contributed by atoms with van der Waals surface area (Å²) in [4.78, 5) is 13.2. The number of hydrogen-bond acceptors (Lipinski definition) is 8. The number of rotatable bonds is 12. The van der Waals surface area contributed by atoms with Gasteiger partial charge in [0.1, 0.15) is 19.3 Å². The van der Waals surface area contributed by atoms with E-state index in [1.54, 1.807) is 31.8 Å². The second-order valence-electron chi connectivity index (χ2n) is 9.04. The van der Waals surface area contributed by atoms with Gasteiger partial charge in [0, 0.05) is 55.6 Å². The van der Waals surface area contributed by atoms with E-state index < -0.39 is 5.79 Å². The van der Waals surface area contributed by atoms with Crippen LogP contribution in [-0.2, 0) is 36.0 Å². The third kappa shape index (κ3) is 8.04. The second-order valence-corrected chi connectivity index (χ2v) is 9.88. The van der Waals surface area contributed by atoms with E-state index in [9.17, 15) is 0 Å². The monoisotopic (exact) mass is 564 g/mol. The molecule has 0 N–H and O–H groups in total. The molecule has 1 fully saturated rings. The number of imidazole rings is 1. The van der Waals surface area contributed by atoms with Crippen LogP contribution in [0.25, 0.3) is 0 Å². The van der Waals surface area contributed by atoms with Crippen molar-refractivity contribution in [3.63, 3.8) is 0 Å². The normalized spacial score (nSPS) is 23.1.